The van der Waals surface area contributed by atoms with Crippen LogP contribution < -0.4 is 10.6 Å². The van der Waals surface area contributed by atoms with Crippen molar-refractivity contribution < 1.29 is 18.3 Å². The fraction of sp³-hybridized carbons (Fsp3) is 0.588. The Morgan fingerprint density at radius 1 is 1.26 bits per heavy atom. The van der Waals surface area contributed by atoms with Gasteiger partial charge in [-0.2, -0.15) is 0 Å². The topological polar surface area (TPSA) is 50.4 Å². The first kappa shape index (κ1) is 16.3. The minimum atomic E-state index is -0.845. The number of nitrogens with one attached hydrogen (secondary N) is 2. The van der Waals surface area contributed by atoms with Crippen LogP contribution in [0.2, 0.25) is 0 Å². The molecular formula is C17H22F2N2O2. The highest BCUT2D eigenvalue weighted by Crippen LogP contribution is 2.27. The van der Waals surface area contributed by atoms with E-state index in [0.717, 1.165) is 37.4 Å². The molecule has 0 radical (unpaired) electrons. The summed E-state index contributed by atoms with van der Waals surface area (Å²) < 4.78 is 32.0. The van der Waals surface area contributed by atoms with Gasteiger partial charge in [-0.1, -0.05) is 6.07 Å². The molecule has 4 nitrogen and oxygen atoms in total. The molecule has 23 heavy (non-hydrogen) atoms. The molecule has 2 saturated heterocycles. The smallest absolute Gasteiger partial charge is 0.225 e. The fourth-order valence-electron chi connectivity index (χ4n) is 3.40. The van der Waals surface area contributed by atoms with Crippen molar-refractivity contribution in [3.8, 4) is 0 Å². The number of carbonyl (C=O) groups is 1. The van der Waals surface area contributed by atoms with E-state index in [1.165, 1.54) is 6.07 Å². The summed E-state index contributed by atoms with van der Waals surface area (Å²) in [6.45, 7) is 2.60. The Hall–Kier alpha value is -1.53. The molecule has 6 heteroatoms. The predicted molar refractivity (Wildman–Crippen MR) is 82.1 cm³/mol. The quantitative estimate of drug-likeness (QED) is 0.893. The lowest BCUT2D eigenvalue weighted by molar-refractivity contribution is -0.129. The second-order valence-electron chi connectivity index (χ2n) is 6.30. The van der Waals surface area contributed by atoms with Crippen LogP contribution in [0.4, 0.5) is 8.78 Å². The Morgan fingerprint density at radius 3 is 2.87 bits per heavy atom. The van der Waals surface area contributed by atoms with Crippen LogP contribution in [0.25, 0.3) is 0 Å². The normalized spacial score (nSPS) is 28.3. The number of piperidine rings is 1. The summed E-state index contributed by atoms with van der Waals surface area (Å²) >= 11 is 0. The van der Waals surface area contributed by atoms with Gasteiger partial charge in [-0.3, -0.25) is 4.79 Å². The fourth-order valence-corrected chi connectivity index (χ4v) is 3.40. The van der Waals surface area contributed by atoms with Crippen LogP contribution in [0, 0.1) is 17.6 Å². The maximum Gasteiger partial charge on any atom is 0.225 e. The Kier molecular flexibility index (Phi) is 5.23. The molecule has 2 aliphatic rings. The third-order valence-electron chi connectivity index (χ3n) is 4.71. The number of ether oxygens (including phenoxy) is 1. The lowest BCUT2D eigenvalue weighted by Crippen LogP contribution is -2.52. The molecule has 2 aliphatic heterocycles. The zero-order valence-electron chi connectivity index (χ0n) is 13.0. The van der Waals surface area contributed by atoms with E-state index >= 15 is 0 Å². The van der Waals surface area contributed by atoms with Crippen molar-refractivity contribution in [3.05, 3.63) is 35.4 Å². The van der Waals surface area contributed by atoms with E-state index < -0.39 is 11.6 Å². The first-order valence-electron chi connectivity index (χ1n) is 8.19. The Balaban J connectivity index is 1.70. The van der Waals surface area contributed by atoms with Crippen molar-refractivity contribution in [1.82, 2.24) is 10.6 Å². The number of rotatable bonds is 3. The molecular weight excluding hydrogens is 302 g/mol. The minimum absolute atomic E-state index is 0.00835. The lowest BCUT2D eigenvalue weighted by Gasteiger charge is -2.34. The number of hydrogen-bond acceptors (Lipinski definition) is 3. The van der Waals surface area contributed by atoms with Gasteiger partial charge < -0.3 is 15.4 Å². The SMILES string of the molecule is O=C(NC1CNCCC1c1ccc(F)c(F)c1)C1CCCOC1. The van der Waals surface area contributed by atoms with Gasteiger partial charge in [-0.15, -0.1) is 0 Å². The number of benzene rings is 1. The average molecular weight is 324 g/mol. The molecule has 1 aromatic rings. The van der Waals surface area contributed by atoms with E-state index in [-0.39, 0.29) is 23.8 Å². The van der Waals surface area contributed by atoms with E-state index in [4.69, 9.17) is 4.74 Å². The number of hydrogen-bond donors (Lipinski definition) is 2. The molecule has 2 heterocycles. The van der Waals surface area contributed by atoms with E-state index in [1.807, 2.05) is 0 Å². The summed E-state index contributed by atoms with van der Waals surface area (Å²) in [5.74, 6) is -1.82. The molecule has 0 aromatic heterocycles. The number of carbonyl (C=O) groups excluding carboxylic acids is 1. The molecule has 3 atom stereocenters. The highest BCUT2D eigenvalue weighted by Gasteiger charge is 2.31. The van der Waals surface area contributed by atoms with E-state index in [9.17, 15) is 13.6 Å². The zero-order chi connectivity index (χ0) is 16.2. The van der Waals surface area contributed by atoms with Crippen molar-refractivity contribution in [2.24, 2.45) is 5.92 Å². The van der Waals surface area contributed by atoms with Crippen LogP contribution in [-0.4, -0.2) is 38.3 Å². The van der Waals surface area contributed by atoms with Crippen LogP contribution in [0.1, 0.15) is 30.7 Å². The van der Waals surface area contributed by atoms with Gasteiger partial charge in [0.1, 0.15) is 0 Å². The maximum atomic E-state index is 13.5. The second-order valence-corrected chi connectivity index (χ2v) is 6.30. The summed E-state index contributed by atoms with van der Waals surface area (Å²) in [6, 6.07) is 3.88. The molecule has 2 N–H and O–H groups in total. The van der Waals surface area contributed by atoms with Crippen molar-refractivity contribution in [3.63, 3.8) is 0 Å². The predicted octanol–water partition coefficient (Wildman–Crippen LogP) is 1.95. The Bertz CT molecular complexity index is 562. The summed E-state index contributed by atoms with van der Waals surface area (Å²) in [7, 11) is 0. The minimum Gasteiger partial charge on any atom is -0.381 e. The van der Waals surface area contributed by atoms with Crippen molar-refractivity contribution >= 4 is 5.91 Å². The first-order chi connectivity index (χ1) is 11.1. The molecule has 3 unspecified atom stereocenters. The molecule has 126 valence electrons. The molecule has 0 bridgehead atoms. The van der Waals surface area contributed by atoms with Crippen LogP contribution in [-0.2, 0) is 9.53 Å². The van der Waals surface area contributed by atoms with Gasteiger partial charge in [-0.25, -0.2) is 8.78 Å². The highest BCUT2D eigenvalue weighted by molar-refractivity contribution is 5.79. The highest BCUT2D eigenvalue weighted by atomic mass is 19.2. The Morgan fingerprint density at radius 2 is 2.13 bits per heavy atom. The van der Waals surface area contributed by atoms with E-state index in [0.29, 0.717) is 19.8 Å². The number of halogens is 2. The third kappa shape index (κ3) is 3.87. The Labute approximate surface area is 134 Å². The number of amides is 1. The van der Waals surface area contributed by atoms with Gasteiger partial charge in [0, 0.05) is 25.1 Å². The first-order valence-corrected chi connectivity index (χ1v) is 8.19. The lowest BCUT2D eigenvalue weighted by atomic mass is 9.85. The summed E-state index contributed by atoms with van der Waals surface area (Å²) in [5.41, 5.74) is 0.732. The largest absolute Gasteiger partial charge is 0.381 e. The summed E-state index contributed by atoms with van der Waals surface area (Å²) in [5, 5.41) is 6.33. The van der Waals surface area contributed by atoms with Gasteiger partial charge in [0.25, 0.3) is 0 Å². The molecule has 0 aliphatic carbocycles. The molecule has 1 aromatic carbocycles. The average Bonchev–Trinajstić information content (AvgIpc) is 2.59. The van der Waals surface area contributed by atoms with Gasteiger partial charge in [0.15, 0.2) is 11.6 Å². The maximum absolute atomic E-state index is 13.5. The van der Waals surface area contributed by atoms with Crippen LogP contribution in [0.3, 0.4) is 0 Å². The van der Waals surface area contributed by atoms with E-state index in [1.54, 1.807) is 6.07 Å². The molecule has 2 fully saturated rings. The van der Waals surface area contributed by atoms with Gasteiger partial charge in [0.2, 0.25) is 5.91 Å². The molecule has 1 amide bonds. The second kappa shape index (κ2) is 7.36. The monoisotopic (exact) mass is 324 g/mol. The van der Waals surface area contributed by atoms with Crippen LogP contribution in [0.5, 0.6) is 0 Å². The molecule has 0 spiro atoms. The van der Waals surface area contributed by atoms with Crippen LogP contribution in [0.15, 0.2) is 18.2 Å². The van der Waals surface area contributed by atoms with E-state index in [2.05, 4.69) is 10.6 Å². The van der Waals surface area contributed by atoms with Crippen LogP contribution >= 0.6 is 0 Å². The molecule has 0 saturated carbocycles. The van der Waals surface area contributed by atoms with Gasteiger partial charge in [-0.05, 0) is 43.5 Å². The standard InChI is InChI=1S/C17H22F2N2O2/c18-14-4-3-11(8-15(14)19)13-5-6-20-9-16(13)21-17(22)12-2-1-7-23-10-12/h3-4,8,12-13,16,20H,1-2,5-7,9-10H2,(H,21,22). The molecule has 3 rings (SSSR count). The van der Waals surface area contributed by atoms with Gasteiger partial charge >= 0.3 is 0 Å². The summed E-state index contributed by atoms with van der Waals surface area (Å²) in [4.78, 5) is 12.4. The van der Waals surface area contributed by atoms with Gasteiger partial charge in [0.05, 0.1) is 12.5 Å². The van der Waals surface area contributed by atoms with Crippen molar-refractivity contribution in [2.45, 2.75) is 31.2 Å². The summed E-state index contributed by atoms with van der Waals surface area (Å²) in [6.07, 6.45) is 2.51. The zero-order valence-corrected chi connectivity index (χ0v) is 13.0. The van der Waals surface area contributed by atoms with Crippen molar-refractivity contribution in [1.29, 1.82) is 0 Å². The van der Waals surface area contributed by atoms with Crippen molar-refractivity contribution in [2.75, 3.05) is 26.3 Å². The third-order valence-corrected chi connectivity index (χ3v) is 4.71.